The Morgan fingerprint density at radius 2 is 2.06 bits per heavy atom. The summed E-state index contributed by atoms with van der Waals surface area (Å²) in [6.45, 7) is 3.33. The third kappa shape index (κ3) is 2.00. The normalized spacial score (nSPS) is 23.1. The number of para-hydroxylation sites is 1. The predicted octanol–water partition coefficient (Wildman–Crippen LogP) is 0.422. The number of carbonyl (C=O) groups is 1. The first kappa shape index (κ1) is 10.6. The first-order chi connectivity index (χ1) is 8.34. The van der Waals surface area contributed by atoms with Crippen LogP contribution in [0.4, 0.5) is 0 Å². The van der Waals surface area contributed by atoms with Gasteiger partial charge in [0.25, 0.3) is 5.91 Å². The molecule has 2 heterocycles. The summed E-state index contributed by atoms with van der Waals surface area (Å²) in [6.07, 6.45) is 0.393. The summed E-state index contributed by atoms with van der Waals surface area (Å²) in [5.74, 6) is 0.990. The van der Waals surface area contributed by atoms with Crippen molar-refractivity contribution in [3.63, 3.8) is 0 Å². The highest BCUT2D eigenvalue weighted by Gasteiger charge is 2.32. The summed E-state index contributed by atoms with van der Waals surface area (Å²) >= 11 is 0. The molecule has 0 radical (unpaired) electrons. The van der Waals surface area contributed by atoms with Gasteiger partial charge in [0.05, 0.1) is 0 Å². The molecule has 1 aromatic carbocycles. The van der Waals surface area contributed by atoms with Crippen LogP contribution in [0.25, 0.3) is 0 Å². The van der Waals surface area contributed by atoms with E-state index in [9.17, 15) is 4.79 Å². The SMILES string of the molecule is O=C([C@H]1Cc2ccccc2O1)N1CCNCC1. The molecular weight excluding hydrogens is 216 g/mol. The number of amides is 1. The molecular formula is C13H16N2O2. The van der Waals surface area contributed by atoms with Gasteiger partial charge in [0, 0.05) is 32.6 Å². The second kappa shape index (κ2) is 4.37. The fourth-order valence-corrected chi connectivity index (χ4v) is 2.41. The van der Waals surface area contributed by atoms with Crippen molar-refractivity contribution in [3.8, 4) is 5.75 Å². The fraction of sp³-hybridized carbons (Fsp3) is 0.462. The van der Waals surface area contributed by atoms with Crippen molar-refractivity contribution >= 4 is 5.91 Å². The maximum atomic E-state index is 12.2. The maximum absolute atomic E-state index is 12.2. The van der Waals surface area contributed by atoms with Crippen LogP contribution in [0.15, 0.2) is 24.3 Å². The van der Waals surface area contributed by atoms with Gasteiger partial charge in [0.2, 0.25) is 0 Å². The van der Waals surface area contributed by atoms with Gasteiger partial charge in [-0.2, -0.15) is 0 Å². The van der Waals surface area contributed by atoms with Crippen molar-refractivity contribution in [2.45, 2.75) is 12.5 Å². The van der Waals surface area contributed by atoms with E-state index in [-0.39, 0.29) is 12.0 Å². The Bertz CT molecular complexity index is 402. The second-order valence-corrected chi connectivity index (χ2v) is 4.49. The molecule has 1 amide bonds. The molecule has 0 unspecified atom stereocenters. The first-order valence-electron chi connectivity index (χ1n) is 6.08. The molecule has 0 aliphatic carbocycles. The van der Waals surface area contributed by atoms with E-state index < -0.39 is 0 Å². The molecule has 1 fully saturated rings. The summed E-state index contributed by atoms with van der Waals surface area (Å²) in [5.41, 5.74) is 1.14. The zero-order valence-electron chi connectivity index (χ0n) is 9.69. The zero-order valence-corrected chi connectivity index (χ0v) is 9.69. The van der Waals surface area contributed by atoms with E-state index in [1.54, 1.807) is 0 Å². The molecule has 4 heteroatoms. The van der Waals surface area contributed by atoms with Gasteiger partial charge in [-0.25, -0.2) is 0 Å². The monoisotopic (exact) mass is 232 g/mol. The molecule has 2 aliphatic heterocycles. The van der Waals surface area contributed by atoms with E-state index >= 15 is 0 Å². The standard InChI is InChI=1S/C13H16N2O2/c16-13(15-7-5-14-6-8-15)12-9-10-3-1-2-4-11(10)17-12/h1-4,12,14H,5-9H2/t12-/m1/s1. The number of piperazine rings is 1. The summed E-state index contributed by atoms with van der Waals surface area (Å²) in [4.78, 5) is 14.1. The van der Waals surface area contributed by atoms with Crippen LogP contribution >= 0.6 is 0 Å². The van der Waals surface area contributed by atoms with Crippen LogP contribution in [0.5, 0.6) is 5.75 Å². The Morgan fingerprint density at radius 1 is 1.29 bits per heavy atom. The van der Waals surface area contributed by atoms with Crippen LogP contribution < -0.4 is 10.1 Å². The minimum atomic E-state index is -0.314. The quantitative estimate of drug-likeness (QED) is 0.763. The number of nitrogens with one attached hydrogen (secondary N) is 1. The van der Waals surface area contributed by atoms with E-state index in [1.165, 1.54) is 0 Å². The minimum Gasteiger partial charge on any atom is -0.480 e. The number of ether oxygens (including phenoxy) is 1. The second-order valence-electron chi connectivity index (χ2n) is 4.49. The van der Waals surface area contributed by atoms with Gasteiger partial charge < -0.3 is 15.0 Å². The van der Waals surface area contributed by atoms with Crippen LogP contribution in [-0.2, 0) is 11.2 Å². The molecule has 0 spiro atoms. The van der Waals surface area contributed by atoms with Crippen LogP contribution in [0.1, 0.15) is 5.56 Å². The van der Waals surface area contributed by atoms with E-state index in [0.717, 1.165) is 37.5 Å². The molecule has 2 aliphatic rings. The van der Waals surface area contributed by atoms with Crippen molar-refractivity contribution in [3.05, 3.63) is 29.8 Å². The van der Waals surface area contributed by atoms with Gasteiger partial charge in [-0.1, -0.05) is 18.2 Å². The highest BCUT2D eigenvalue weighted by Crippen LogP contribution is 2.28. The lowest BCUT2D eigenvalue weighted by atomic mass is 10.1. The number of benzene rings is 1. The Hall–Kier alpha value is -1.55. The third-order valence-electron chi connectivity index (χ3n) is 3.35. The largest absolute Gasteiger partial charge is 0.480 e. The van der Waals surface area contributed by atoms with Crippen LogP contribution in [0.2, 0.25) is 0 Å². The fourth-order valence-electron chi connectivity index (χ4n) is 2.41. The molecule has 1 atom stereocenters. The lowest BCUT2D eigenvalue weighted by Crippen LogP contribution is -2.50. The Balaban J connectivity index is 1.69. The molecule has 17 heavy (non-hydrogen) atoms. The van der Waals surface area contributed by atoms with Gasteiger partial charge in [-0.3, -0.25) is 4.79 Å². The van der Waals surface area contributed by atoms with Crippen molar-refractivity contribution in [2.24, 2.45) is 0 Å². The smallest absolute Gasteiger partial charge is 0.264 e. The number of nitrogens with zero attached hydrogens (tertiary/aromatic N) is 1. The number of hydrogen-bond acceptors (Lipinski definition) is 3. The number of hydrogen-bond donors (Lipinski definition) is 1. The average molecular weight is 232 g/mol. The van der Waals surface area contributed by atoms with E-state index in [0.29, 0.717) is 6.42 Å². The molecule has 1 saturated heterocycles. The van der Waals surface area contributed by atoms with Gasteiger partial charge in [0.1, 0.15) is 5.75 Å². The lowest BCUT2D eigenvalue weighted by Gasteiger charge is -2.29. The van der Waals surface area contributed by atoms with E-state index in [4.69, 9.17) is 4.74 Å². The summed E-state index contributed by atoms with van der Waals surface area (Å²) in [6, 6.07) is 7.89. The van der Waals surface area contributed by atoms with E-state index in [2.05, 4.69) is 5.32 Å². The van der Waals surface area contributed by atoms with Gasteiger partial charge in [-0.15, -0.1) is 0 Å². The van der Waals surface area contributed by atoms with Crippen molar-refractivity contribution in [1.29, 1.82) is 0 Å². The van der Waals surface area contributed by atoms with Gasteiger partial charge >= 0.3 is 0 Å². The Morgan fingerprint density at radius 3 is 2.82 bits per heavy atom. The lowest BCUT2D eigenvalue weighted by molar-refractivity contribution is -0.138. The van der Waals surface area contributed by atoms with E-state index in [1.807, 2.05) is 29.2 Å². The molecule has 4 nitrogen and oxygen atoms in total. The summed E-state index contributed by atoms with van der Waals surface area (Å²) in [5, 5.41) is 3.24. The minimum absolute atomic E-state index is 0.128. The highest BCUT2D eigenvalue weighted by molar-refractivity contribution is 5.82. The number of carbonyl (C=O) groups excluding carboxylic acids is 1. The molecule has 90 valence electrons. The van der Waals surface area contributed by atoms with Crippen LogP contribution in [0.3, 0.4) is 0 Å². The van der Waals surface area contributed by atoms with Gasteiger partial charge in [-0.05, 0) is 11.6 Å². The zero-order chi connectivity index (χ0) is 11.7. The van der Waals surface area contributed by atoms with Crippen molar-refractivity contribution < 1.29 is 9.53 Å². The first-order valence-corrected chi connectivity index (χ1v) is 6.08. The number of fused-ring (bicyclic) bond motifs is 1. The molecule has 1 N–H and O–H groups in total. The topological polar surface area (TPSA) is 41.6 Å². The molecule has 0 aromatic heterocycles. The molecule has 1 aromatic rings. The average Bonchev–Trinajstić information content (AvgIpc) is 2.82. The number of rotatable bonds is 1. The third-order valence-corrected chi connectivity index (χ3v) is 3.35. The van der Waals surface area contributed by atoms with Crippen LogP contribution in [0, 0.1) is 0 Å². The Labute approximate surface area is 101 Å². The van der Waals surface area contributed by atoms with Crippen molar-refractivity contribution in [1.82, 2.24) is 10.2 Å². The highest BCUT2D eigenvalue weighted by atomic mass is 16.5. The molecule has 0 bridgehead atoms. The maximum Gasteiger partial charge on any atom is 0.264 e. The van der Waals surface area contributed by atoms with Crippen LogP contribution in [-0.4, -0.2) is 43.1 Å². The van der Waals surface area contributed by atoms with Crippen molar-refractivity contribution in [2.75, 3.05) is 26.2 Å². The predicted molar refractivity (Wildman–Crippen MR) is 64.0 cm³/mol. The summed E-state index contributed by atoms with van der Waals surface area (Å²) < 4.78 is 5.71. The Kier molecular flexibility index (Phi) is 2.73. The van der Waals surface area contributed by atoms with Gasteiger partial charge in [0.15, 0.2) is 6.10 Å². The molecule has 0 saturated carbocycles. The molecule has 3 rings (SSSR count). The summed E-state index contributed by atoms with van der Waals surface area (Å²) in [7, 11) is 0.